The summed E-state index contributed by atoms with van der Waals surface area (Å²) in [6.07, 6.45) is -0.270. The van der Waals surface area contributed by atoms with Crippen LogP contribution in [0.1, 0.15) is 18.4 Å². The molecule has 0 radical (unpaired) electrons. The SMILES string of the molecule is Cc1ccccc1Oc1ccc(NC(=O)CCC(=O)OCC(=O)Nc2cccc(Cl)c2Cl)cc1. The fourth-order valence-corrected chi connectivity index (χ4v) is 3.20. The Hall–Kier alpha value is -3.55. The summed E-state index contributed by atoms with van der Waals surface area (Å²) in [6, 6.07) is 19.3. The summed E-state index contributed by atoms with van der Waals surface area (Å²) in [5.74, 6) is -0.227. The first-order valence-electron chi connectivity index (χ1n) is 10.3. The van der Waals surface area contributed by atoms with Crippen molar-refractivity contribution in [1.82, 2.24) is 0 Å². The van der Waals surface area contributed by atoms with Crippen LogP contribution in [0.3, 0.4) is 0 Å². The first-order chi connectivity index (χ1) is 16.3. The standard InChI is InChI=1S/C25H22Cl2N2O5/c1-16-5-2-3-8-21(16)34-18-11-9-17(10-12-18)28-22(30)13-14-24(32)33-15-23(31)29-20-7-4-6-19(26)25(20)27/h2-12H,13-15H2,1H3,(H,28,30)(H,29,31). The molecule has 3 aromatic rings. The van der Waals surface area contributed by atoms with Gasteiger partial charge in [0, 0.05) is 12.1 Å². The van der Waals surface area contributed by atoms with E-state index in [0.29, 0.717) is 17.1 Å². The lowest BCUT2D eigenvalue weighted by Crippen LogP contribution is -2.22. The maximum absolute atomic E-state index is 12.1. The molecule has 0 saturated heterocycles. The molecule has 0 aliphatic heterocycles. The molecule has 0 saturated carbocycles. The van der Waals surface area contributed by atoms with Crippen LogP contribution in [0, 0.1) is 6.92 Å². The molecule has 3 aromatic carbocycles. The molecule has 0 aliphatic carbocycles. The van der Waals surface area contributed by atoms with Gasteiger partial charge >= 0.3 is 5.97 Å². The van der Waals surface area contributed by atoms with Gasteiger partial charge < -0.3 is 20.1 Å². The van der Waals surface area contributed by atoms with Crippen molar-refractivity contribution in [2.75, 3.05) is 17.2 Å². The van der Waals surface area contributed by atoms with Crippen molar-refractivity contribution in [3.63, 3.8) is 0 Å². The van der Waals surface area contributed by atoms with E-state index in [1.54, 1.807) is 42.5 Å². The molecular formula is C25H22Cl2N2O5. The molecule has 0 atom stereocenters. The monoisotopic (exact) mass is 500 g/mol. The van der Waals surface area contributed by atoms with E-state index in [2.05, 4.69) is 10.6 Å². The van der Waals surface area contributed by atoms with Gasteiger partial charge in [0.05, 0.1) is 22.2 Å². The van der Waals surface area contributed by atoms with Gasteiger partial charge in [-0.1, -0.05) is 47.5 Å². The molecule has 0 spiro atoms. The van der Waals surface area contributed by atoms with E-state index < -0.39 is 18.5 Å². The molecule has 176 valence electrons. The zero-order valence-electron chi connectivity index (χ0n) is 18.3. The second-order valence-corrected chi connectivity index (χ2v) is 8.04. The quantitative estimate of drug-likeness (QED) is 0.351. The molecular weight excluding hydrogens is 479 g/mol. The molecule has 0 unspecified atom stereocenters. The number of amides is 2. The highest BCUT2D eigenvalue weighted by Gasteiger charge is 2.13. The number of ether oxygens (including phenoxy) is 2. The molecule has 7 nitrogen and oxygen atoms in total. The number of hydrogen-bond acceptors (Lipinski definition) is 5. The second kappa shape index (κ2) is 12.1. The number of halogens is 2. The van der Waals surface area contributed by atoms with Crippen LogP contribution in [0.4, 0.5) is 11.4 Å². The molecule has 0 bridgehead atoms. The van der Waals surface area contributed by atoms with Crippen LogP contribution in [0.2, 0.25) is 10.0 Å². The third-order valence-corrected chi connectivity index (χ3v) is 5.42. The fraction of sp³-hybridized carbons (Fsp3) is 0.160. The van der Waals surface area contributed by atoms with Crippen LogP contribution >= 0.6 is 23.2 Å². The van der Waals surface area contributed by atoms with Crippen molar-refractivity contribution in [3.8, 4) is 11.5 Å². The highest BCUT2D eigenvalue weighted by Crippen LogP contribution is 2.29. The van der Waals surface area contributed by atoms with E-state index in [4.69, 9.17) is 32.7 Å². The van der Waals surface area contributed by atoms with Gasteiger partial charge in [0.15, 0.2) is 6.61 Å². The molecule has 9 heteroatoms. The van der Waals surface area contributed by atoms with Crippen molar-refractivity contribution in [2.24, 2.45) is 0 Å². The number of rotatable bonds is 9. The zero-order chi connectivity index (χ0) is 24.5. The van der Waals surface area contributed by atoms with Crippen molar-refractivity contribution in [3.05, 3.63) is 82.3 Å². The first kappa shape index (κ1) is 25.1. The van der Waals surface area contributed by atoms with Crippen LogP contribution in [0.5, 0.6) is 11.5 Å². The van der Waals surface area contributed by atoms with E-state index in [1.165, 1.54) is 0 Å². The van der Waals surface area contributed by atoms with E-state index in [1.807, 2.05) is 31.2 Å². The minimum atomic E-state index is -0.676. The van der Waals surface area contributed by atoms with E-state index in [-0.39, 0.29) is 28.8 Å². The van der Waals surface area contributed by atoms with Gasteiger partial charge in [-0.3, -0.25) is 14.4 Å². The highest BCUT2D eigenvalue weighted by molar-refractivity contribution is 6.44. The van der Waals surface area contributed by atoms with Gasteiger partial charge in [0.25, 0.3) is 5.91 Å². The van der Waals surface area contributed by atoms with Gasteiger partial charge in [-0.25, -0.2) is 0 Å². The minimum absolute atomic E-state index is 0.0952. The van der Waals surface area contributed by atoms with Crippen molar-refractivity contribution in [2.45, 2.75) is 19.8 Å². The third kappa shape index (κ3) is 7.50. The molecule has 2 amide bonds. The number of para-hydroxylation sites is 1. The average molecular weight is 501 g/mol. The molecule has 3 rings (SSSR count). The van der Waals surface area contributed by atoms with E-state index >= 15 is 0 Å². The normalized spacial score (nSPS) is 10.3. The lowest BCUT2D eigenvalue weighted by atomic mass is 10.2. The highest BCUT2D eigenvalue weighted by atomic mass is 35.5. The predicted octanol–water partition coefficient (Wildman–Crippen LogP) is 5.99. The van der Waals surface area contributed by atoms with Crippen LogP contribution in [0.25, 0.3) is 0 Å². The molecule has 0 aliphatic rings. The van der Waals surface area contributed by atoms with Gasteiger partial charge in [0.1, 0.15) is 11.5 Å². The van der Waals surface area contributed by atoms with Crippen LogP contribution in [0.15, 0.2) is 66.7 Å². The predicted molar refractivity (Wildman–Crippen MR) is 132 cm³/mol. The molecule has 0 heterocycles. The summed E-state index contributed by atoms with van der Waals surface area (Å²) in [5, 5.41) is 5.68. The minimum Gasteiger partial charge on any atom is -0.457 e. The maximum Gasteiger partial charge on any atom is 0.306 e. The number of carbonyl (C=O) groups is 3. The summed E-state index contributed by atoms with van der Waals surface area (Å²) in [7, 11) is 0. The number of nitrogens with one attached hydrogen (secondary N) is 2. The molecule has 0 fully saturated rings. The number of benzene rings is 3. The Morgan fingerprint density at radius 3 is 2.29 bits per heavy atom. The van der Waals surface area contributed by atoms with E-state index in [0.717, 1.165) is 11.3 Å². The molecule has 2 N–H and O–H groups in total. The Bertz CT molecular complexity index is 1180. The van der Waals surface area contributed by atoms with Crippen molar-refractivity contribution in [1.29, 1.82) is 0 Å². The third-order valence-electron chi connectivity index (χ3n) is 4.61. The summed E-state index contributed by atoms with van der Waals surface area (Å²) >= 11 is 11.9. The van der Waals surface area contributed by atoms with E-state index in [9.17, 15) is 14.4 Å². The second-order valence-electron chi connectivity index (χ2n) is 7.25. The summed E-state index contributed by atoms with van der Waals surface area (Å²) in [5.41, 5.74) is 1.88. The average Bonchev–Trinajstić information content (AvgIpc) is 2.82. The lowest BCUT2D eigenvalue weighted by Gasteiger charge is -2.10. The number of anilines is 2. The number of hydrogen-bond donors (Lipinski definition) is 2. The molecule has 34 heavy (non-hydrogen) atoms. The van der Waals surface area contributed by atoms with Gasteiger partial charge in [-0.2, -0.15) is 0 Å². The summed E-state index contributed by atoms with van der Waals surface area (Å²) in [4.78, 5) is 35.9. The zero-order valence-corrected chi connectivity index (χ0v) is 19.8. The maximum atomic E-state index is 12.1. The van der Waals surface area contributed by atoms with Crippen molar-refractivity contribution >= 4 is 52.4 Å². The summed E-state index contributed by atoms with van der Waals surface area (Å²) in [6.45, 7) is 1.45. The van der Waals surface area contributed by atoms with Crippen LogP contribution < -0.4 is 15.4 Å². The fourth-order valence-electron chi connectivity index (χ4n) is 2.85. The number of carbonyl (C=O) groups excluding carboxylic acids is 3. The molecule has 0 aromatic heterocycles. The largest absolute Gasteiger partial charge is 0.457 e. The Balaban J connectivity index is 1.38. The Kier molecular flexibility index (Phi) is 8.90. The first-order valence-corrected chi connectivity index (χ1v) is 11.1. The Labute approximate surface area is 207 Å². The summed E-state index contributed by atoms with van der Waals surface area (Å²) < 4.78 is 10.7. The van der Waals surface area contributed by atoms with Gasteiger partial charge in [-0.05, 0) is 55.0 Å². The van der Waals surface area contributed by atoms with Crippen LogP contribution in [-0.2, 0) is 19.1 Å². The Morgan fingerprint density at radius 2 is 1.56 bits per heavy atom. The topological polar surface area (TPSA) is 93.7 Å². The lowest BCUT2D eigenvalue weighted by molar-refractivity contribution is -0.147. The number of esters is 1. The van der Waals surface area contributed by atoms with Gasteiger partial charge in [-0.15, -0.1) is 0 Å². The van der Waals surface area contributed by atoms with Crippen molar-refractivity contribution < 1.29 is 23.9 Å². The van der Waals surface area contributed by atoms with Gasteiger partial charge in [0.2, 0.25) is 5.91 Å². The number of aryl methyl sites for hydroxylation is 1. The Morgan fingerprint density at radius 1 is 0.824 bits per heavy atom. The smallest absolute Gasteiger partial charge is 0.306 e. The van der Waals surface area contributed by atoms with Crippen LogP contribution in [-0.4, -0.2) is 24.4 Å².